The van der Waals surface area contributed by atoms with Gasteiger partial charge >= 0.3 is 35.5 Å². The molecule has 0 bridgehead atoms. The molecule has 1 aromatic heterocycles. The van der Waals surface area contributed by atoms with E-state index < -0.39 is 21.8 Å². The van der Waals surface area contributed by atoms with Gasteiger partial charge in [0.1, 0.15) is 5.56 Å². The van der Waals surface area contributed by atoms with Crippen LogP contribution < -0.4 is 40.3 Å². The number of H-pyrrole nitrogens is 1. The molecule has 0 aliphatic rings. The molecule has 0 saturated heterocycles. The van der Waals surface area contributed by atoms with Gasteiger partial charge < -0.3 is 24.5 Å². The number of aromatic nitrogens is 1. The summed E-state index contributed by atoms with van der Waals surface area (Å²) >= 11 is 5.93. The average molecular weight is 726 g/mol. The predicted molar refractivity (Wildman–Crippen MR) is 185 cm³/mol. The van der Waals surface area contributed by atoms with Crippen LogP contribution in [0.25, 0.3) is 10.9 Å². The van der Waals surface area contributed by atoms with Crippen LogP contribution in [0.1, 0.15) is 92.8 Å². The summed E-state index contributed by atoms with van der Waals surface area (Å²) < 4.78 is 37.6. The van der Waals surface area contributed by atoms with Crippen molar-refractivity contribution in [2.24, 2.45) is 0 Å². The molecule has 0 aliphatic carbocycles. The van der Waals surface area contributed by atoms with Gasteiger partial charge in [0.25, 0.3) is 5.91 Å². The van der Waals surface area contributed by atoms with Gasteiger partial charge in [-0.3, -0.25) is 19.2 Å². The SMILES string of the molecule is CN(CCS(=O)(=O)[O-])C(=O)CCCCCCC(=O)OCCCc1cc2c(=O)c(C(=O)NCc3ccc(Cl)cc3)c[nH]c2cc1C(C)(C)C.[Na+]. The van der Waals surface area contributed by atoms with E-state index in [0.29, 0.717) is 41.6 Å². The van der Waals surface area contributed by atoms with Gasteiger partial charge in [0.05, 0.1) is 22.5 Å². The summed E-state index contributed by atoms with van der Waals surface area (Å²) in [5, 5.41) is 3.80. The third-order valence-corrected chi connectivity index (χ3v) is 8.94. The number of esters is 1. The number of fused-ring (bicyclic) bond motifs is 1. The van der Waals surface area contributed by atoms with Crippen molar-refractivity contribution in [1.82, 2.24) is 15.2 Å². The molecule has 2 aromatic carbocycles. The first-order chi connectivity index (χ1) is 22.5. The van der Waals surface area contributed by atoms with E-state index in [9.17, 15) is 32.1 Å². The van der Waals surface area contributed by atoms with Crippen LogP contribution in [0.15, 0.2) is 47.4 Å². The molecule has 2 N–H and O–H groups in total. The van der Waals surface area contributed by atoms with Crippen LogP contribution >= 0.6 is 11.6 Å². The van der Waals surface area contributed by atoms with E-state index >= 15 is 0 Å². The van der Waals surface area contributed by atoms with E-state index in [2.05, 4.69) is 31.1 Å². The Morgan fingerprint density at radius 1 is 1.00 bits per heavy atom. The minimum Gasteiger partial charge on any atom is -0.748 e. The zero-order valence-electron chi connectivity index (χ0n) is 29.0. The minimum absolute atomic E-state index is 0. The standard InChI is InChI=1S/C35H46ClN3O8S.Na/c1-35(2,3)29-21-30-27(33(42)28(23-37-30)34(43)38-22-24-13-15-26(36)16-14-24)20-25(29)10-9-18-47-32(41)12-8-6-5-7-11-31(40)39(4)17-19-48(44,45)46;/h13-16,20-21,23H,5-12,17-19,22H2,1-4H3,(H,37,42)(H,38,43)(H,44,45,46);/q;+1/p-1. The Morgan fingerprint density at radius 2 is 1.65 bits per heavy atom. The van der Waals surface area contributed by atoms with E-state index in [1.54, 1.807) is 24.3 Å². The molecule has 3 rings (SSSR count). The van der Waals surface area contributed by atoms with Gasteiger partial charge in [-0.05, 0) is 72.1 Å². The summed E-state index contributed by atoms with van der Waals surface area (Å²) in [7, 11) is -2.89. The molecular formula is C35H45ClN3NaO8S. The van der Waals surface area contributed by atoms with Gasteiger partial charge in [0, 0.05) is 55.1 Å². The summed E-state index contributed by atoms with van der Waals surface area (Å²) in [5.74, 6) is -1.61. The van der Waals surface area contributed by atoms with Crippen molar-refractivity contribution in [2.45, 2.75) is 84.1 Å². The smallest absolute Gasteiger partial charge is 0.748 e. The van der Waals surface area contributed by atoms with Gasteiger partial charge in [-0.25, -0.2) is 8.42 Å². The topological polar surface area (TPSA) is 166 Å². The first-order valence-corrected chi connectivity index (χ1v) is 18.1. The van der Waals surface area contributed by atoms with Crippen LogP contribution in [-0.2, 0) is 42.8 Å². The van der Waals surface area contributed by atoms with Crippen LogP contribution in [0.2, 0.25) is 5.02 Å². The van der Waals surface area contributed by atoms with Crippen molar-refractivity contribution in [3.63, 3.8) is 0 Å². The maximum Gasteiger partial charge on any atom is 1.00 e. The number of pyridine rings is 1. The van der Waals surface area contributed by atoms with Gasteiger partial charge in [0.2, 0.25) is 11.3 Å². The van der Waals surface area contributed by atoms with E-state index in [1.165, 1.54) is 18.1 Å². The fourth-order valence-electron chi connectivity index (χ4n) is 5.25. The number of carbonyl (C=O) groups is 3. The normalized spacial score (nSPS) is 11.6. The molecule has 49 heavy (non-hydrogen) atoms. The van der Waals surface area contributed by atoms with E-state index in [4.69, 9.17) is 16.3 Å². The number of nitrogens with zero attached hydrogens (tertiary/aromatic N) is 1. The molecule has 0 radical (unpaired) electrons. The number of hydrogen-bond donors (Lipinski definition) is 2. The Labute approximate surface area is 315 Å². The number of benzene rings is 2. The molecular weight excluding hydrogens is 681 g/mol. The average Bonchev–Trinajstić information content (AvgIpc) is 3.02. The van der Waals surface area contributed by atoms with Crippen molar-refractivity contribution in [3.8, 4) is 0 Å². The maximum atomic E-state index is 13.4. The number of aryl methyl sites for hydroxylation is 1. The number of unbranched alkanes of at least 4 members (excludes halogenated alkanes) is 3. The van der Waals surface area contributed by atoms with Crippen LogP contribution in [-0.4, -0.2) is 66.6 Å². The third-order valence-electron chi connectivity index (χ3n) is 8.00. The summed E-state index contributed by atoms with van der Waals surface area (Å²) in [5.41, 5.74) is 2.93. The number of carbonyl (C=O) groups excluding carboxylic acids is 3. The number of nitrogens with one attached hydrogen (secondary N) is 2. The second-order valence-electron chi connectivity index (χ2n) is 13.0. The summed E-state index contributed by atoms with van der Waals surface area (Å²) in [6, 6.07) is 10.9. The number of hydrogen-bond acceptors (Lipinski definition) is 8. The minimum atomic E-state index is -4.36. The fraction of sp³-hybridized carbons (Fsp3) is 0.486. The maximum absolute atomic E-state index is 13.4. The van der Waals surface area contributed by atoms with Crippen molar-refractivity contribution in [1.29, 1.82) is 0 Å². The molecule has 0 fully saturated rings. The zero-order valence-corrected chi connectivity index (χ0v) is 32.6. The Kier molecular flexibility index (Phi) is 17.0. The Morgan fingerprint density at radius 3 is 2.29 bits per heavy atom. The molecule has 262 valence electrons. The quantitative estimate of drug-likeness (QED) is 0.0926. The first-order valence-electron chi connectivity index (χ1n) is 16.1. The molecule has 0 atom stereocenters. The molecule has 3 aromatic rings. The molecule has 11 nitrogen and oxygen atoms in total. The zero-order chi connectivity index (χ0) is 35.5. The van der Waals surface area contributed by atoms with Gasteiger partial charge in [0.15, 0.2) is 0 Å². The summed E-state index contributed by atoms with van der Waals surface area (Å²) in [6.45, 7) is 6.61. The van der Waals surface area contributed by atoms with Crippen LogP contribution in [0.3, 0.4) is 0 Å². The van der Waals surface area contributed by atoms with Crippen molar-refractivity contribution < 1.29 is 61.6 Å². The number of aromatic amines is 1. The van der Waals surface area contributed by atoms with Crippen LogP contribution in [0.5, 0.6) is 0 Å². The molecule has 0 saturated carbocycles. The molecule has 0 spiro atoms. The van der Waals surface area contributed by atoms with Gasteiger partial charge in [-0.2, -0.15) is 0 Å². The number of rotatable bonds is 17. The number of amides is 2. The molecule has 0 aliphatic heterocycles. The second kappa shape index (κ2) is 19.6. The van der Waals surface area contributed by atoms with E-state index in [1.807, 2.05) is 12.1 Å². The second-order valence-corrected chi connectivity index (χ2v) is 14.9. The van der Waals surface area contributed by atoms with Crippen molar-refractivity contribution in [3.05, 3.63) is 80.1 Å². The third kappa shape index (κ3) is 14.2. The largest absolute Gasteiger partial charge is 1.00 e. The first kappa shape index (κ1) is 42.4. The predicted octanol–water partition coefficient (Wildman–Crippen LogP) is 2.23. The van der Waals surface area contributed by atoms with Crippen LogP contribution in [0, 0.1) is 0 Å². The monoisotopic (exact) mass is 725 g/mol. The van der Waals surface area contributed by atoms with E-state index in [0.717, 1.165) is 29.5 Å². The van der Waals surface area contributed by atoms with E-state index in [-0.39, 0.29) is 90.4 Å². The van der Waals surface area contributed by atoms with Crippen molar-refractivity contribution >= 4 is 50.4 Å². The Hall–Kier alpha value is -2.74. The van der Waals surface area contributed by atoms with Crippen LogP contribution in [0.4, 0.5) is 0 Å². The summed E-state index contributed by atoms with van der Waals surface area (Å²) in [4.78, 5) is 55.1. The van der Waals surface area contributed by atoms with Gasteiger partial charge in [-0.1, -0.05) is 57.3 Å². The molecule has 1 heterocycles. The van der Waals surface area contributed by atoms with Crippen molar-refractivity contribution in [2.75, 3.05) is 26.0 Å². The number of ether oxygens (including phenoxy) is 1. The van der Waals surface area contributed by atoms with Gasteiger partial charge in [-0.15, -0.1) is 0 Å². The molecule has 0 unspecified atom stereocenters. The molecule has 14 heteroatoms. The Bertz CT molecular complexity index is 1760. The Balaban J connectivity index is 0.00000833. The number of halogens is 1. The fourth-order valence-corrected chi connectivity index (χ4v) is 5.87. The molecule has 2 amide bonds. The summed E-state index contributed by atoms with van der Waals surface area (Å²) in [6.07, 6.45) is 5.77.